The Labute approximate surface area is 133 Å². The summed E-state index contributed by atoms with van der Waals surface area (Å²) in [5.74, 6) is 1.66. The van der Waals surface area contributed by atoms with E-state index in [-0.39, 0.29) is 5.60 Å². The van der Waals surface area contributed by atoms with Crippen LogP contribution < -0.4 is 5.32 Å². The molecule has 1 unspecified atom stereocenters. The van der Waals surface area contributed by atoms with Crippen LogP contribution in [0.3, 0.4) is 0 Å². The molecule has 2 heteroatoms. The highest BCUT2D eigenvalue weighted by Gasteiger charge is 2.37. The summed E-state index contributed by atoms with van der Waals surface area (Å²) in [5, 5.41) is 3.63. The molecule has 0 bridgehead atoms. The lowest BCUT2D eigenvalue weighted by Crippen LogP contribution is -2.48. The lowest BCUT2D eigenvalue weighted by atomic mass is 9.76. The van der Waals surface area contributed by atoms with Crippen molar-refractivity contribution in [3.63, 3.8) is 0 Å². The number of ether oxygens (including phenoxy) is 1. The van der Waals surface area contributed by atoms with Crippen LogP contribution in [0, 0.1) is 11.8 Å². The maximum Gasteiger partial charge on any atom is 0.0810 e. The van der Waals surface area contributed by atoms with Crippen molar-refractivity contribution in [2.75, 3.05) is 13.1 Å². The average molecular weight is 298 g/mol. The molecule has 0 amide bonds. The minimum atomic E-state index is 0.105. The fourth-order valence-electron chi connectivity index (χ4n) is 3.87. The SMILES string of the molecule is CCCNCC1(OC(C)CC(C)C)CCC(CCC)CC1. The molecule has 0 radical (unpaired) electrons. The molecule has 1 aliphatic carbocycles. The van der Waals surface area contributed by atoms with Crippen molar-refractivity contribution in [3.05, 3.63) is 0 Å². The van der Waals surface area contributed by atoms with Crippen LogP contribution in [0.5, 0.6) is 0 Å². The predicted molar refractivity (Wildman–Crippen MR) is 92.8 cm³/mol. The van der Waals surface area contributed by atoms with Gasteiger partial charge < -0.3 is 10.1 Å². The van der Waals surface area contributed by atoms with E-state index in [0.29, 0.717) is 6.10 Å². The van der Waals surface area contributed by atoms with Crippen molar-refractivity contribution >= 4 is 0 Å². The predicted octanol–water partition coefficient (Wildman–Crippen LogP) is 5.17. The molecule has 1 rings (SSSR count). The second-order valence-corrected chi connectivity index (χ2v) is 7.65. The van der Waals surface area contributed by atoms with Gasteiger partial charge in [0.05, 0.1) is 11.7 Å². The van der Waals surface area contributed by atoms with Crippen LogP contribution >= 0.6 is 0 Å². The summed E-state index contributed by atoms with van der Waals surface area (Å²) in [7, 11) is 0. The van der Waals surface area contributed by atoms with E-state index in [9.17, 15) is 0 Å². The minimum Gasteiger partial charge on any atom is -0.371 e. The molecule has 1 saturated carbocycles. The van der Waals surface area contributed by atoms with E-state index in [1.807, 2.05) is 0 Å². The molecule has 0 spiro atoms. The zero-order valence-electron chi connectivity index (χ0n) is 15.2. The Kier molecular flexibility index (Phi) is 8.89. The Morgan fingerprint density at radius 2 is 1.76 bits per heavy atom. The third-order valence-corrected chi connectivity index (χ3v) is 4.84. The van der Waals surface area contributed by atoms with Crippen LogP contribution in [0.25, 0.3) is 0 Å². The molecular formula is C19H39NO. The summed E-state index contributed by atoms with van der Waals surface area (Å²) >= 11 is 0. The van der Waals surface area contributed by atoms with E-state index in [1.165, 1.54) is 51.4 Å². The van der Waals surface area contributed by atoms with Crippen LogP contribution in [0.15, 0.2) is 0 Å². The van der Waals surface area contributed by atoms with Crippen molar-refractivity contribution in [3.8, 4) is 0 Å². The largest absolute Gasteiger partial charge is 0.371 e. The van der Waals surface area contributed by atoms with Crippen LogP contribution in [0.2, 0.25) is 0 Å². The highest BCUT2D eigenvalue weighted by Crippen LogP contribution is 2.37. The summed E-state index contributed by atoms with van der Waals surface area (Å²) in [4.78, 5) is 0. The molecule has 0 aromatic carbocycles. The normalized spacial score (nSPS) is 28.0. The molecule has 1 aliphatic rings. The van der Waals surface area contributed by atoms with Gasteiger partial charge in [0.1, 0.15) is 0 Å². The molecule has 0 saturated heterocycles. The minimum absolute atomic E-state index is 0.105. The molecular weight excluding hydrogens is 258 g/mol. The first-order chi connectivity index (χ1) is 10.0. The molecule has 21 heavy (non-hydrogen) atoms. The standard InChI is InChI=1S/C19H39NO/c1-6-8-18-9-11-19(12-10-18,15-20-13-7-2)21-17(5)14-16(3)4/h16-18,20H,6-15H2,1-5H3. The van der Waals surface area contributed by atoms with Crippen molar-refractivity contribution in [2.24, 2.45) is 11.8 Å². The van der Waals surface area contributed by atoms with Gasteiger partial charge in [-0.2, -0.15) is 0 Å². The molecule has 1 atom stereocenters. The van der Waals surface area contributed by atoms with Crippen LogP contribution in [0.1, 0.15) is 86.0 Å². The number of rotatable bonds is 10. The molecule has 126 valence electrons. The van der Waals surface area contributed by atoms with E-state index in [4.69, 9.17) is 4.74 Å². The highest BCUT2D eigenvalue weighted by molar-refractivity contribution is 4.90. The van der Waals surface area contributed by atoms with Gasteiger partial charge in [-0.05, 0) is 63.8 Å². The lowest BCUT2D eigenvalue weighted by molar-refractivity contribution is -0.117. The van der Waals surface area contributed by atoms with Crippen molar-refractivity contribution in [1.29, 1.82) is 0 Å². The summed E-state index contributed by atoms with van der Waals surface area (Å²) < 4.78 is 6.60. The fourth-order valence-corrected chi connectivity index (χ4v) is 3.87. The van der Waals surface area contributed by atoms with E-state index in [2.05, 4.69) is 39.9 Å². The van der Waals surface area contributed by atoms with E-state index < -0.39 is 0 Å². The zero-order valence-corrected chi connectivity index (χ0v) is 15.2. The topological polar surface area (TPSA) is 21.3 Å². The molecule has 0 aromatic heterocycles. The Balaban J connectivity index is 2.55. The monoisotopic (exact) mass is 297 g/mol. The van der Waals surface area contributed by atoms with Gasteiger partial charge in [-0.3, -0.25) is 0 Å². The van der Waals surface area contributed by atoms with Gasteiger partial charge in [0.15, 0.2) is 0 Å². The van der Waals surface area contributed by atoms with Crippen molar-refractivity contribution in [2.45, 2.75) is 97.7 Å². The quantitative estimate of drug-likeness (QED) is 0.562. The lowest BCUT2D eigenvalue weighted by Gasteiger charge is -2.42. The number of nitrogens with one attached hydrogen (secondary N) is 1. The smallest absolute Gasteiger partial charge is 0.0810 e. The van der Waals surface area contributed by atoms with E-state index in [0.717, 1.165) is 24.9 Å². The number of hydrogen-bond donors (Lipinski definition) is 1. The molecule has 1 fully saturated rings. The summed E-state index contributed by atoms with van der Waals surface area (Å²) in [5.41, 5.74) is 0.105. The fraction of sp³-hybridized carbons (Fsp3) is 1.00. The molecule has 2 nitrogen and oxygen atoms in total. The Hall–Kier alpha value is -0.0800. The van der Waals surface area contributed by atoms with Gasteiger partial charge in [0.2, 0.25) is 0 Å². The van der Waals surface area contributed by atoms with Gasteiger partial charge in [-0.25, -0.2) is 0 Å². The second kappa shape index (κ2) is 9.84. The van der Waals surface area contributed by atoms with Crippen molar-refractivity contribution < 1.29 is 4.74 Å². The van der Waals surface area contributed by atoms with E-state index >= 15 is 0 Å². The molecule has 1 N–H and O–H groups in total. The van der Waals surface area contributed by atoms with Gasteiger partial charge in [-0.1, -0.05) is 40.5 Å². The first-order valence-corrected chi connectivity index (χ1v) is 9.40. The Bertz CT molecular complexity index is 256. The van der Waals surface area contributed by atoms with Gasteiger partial charge in [0.25, 0.3) is 0 Å². The second-order valence-electron chi connectivity index (χ2n) is 7.65. The first-order valence-electron chi connectivity index (χ1n) is 9.40. The summed E-state index contributed by atoms with van der Waals surface area (Å²) in [6.45, 7) is 13.6. The van der Waals surface area contributed by atoms with Gasteiger partial charge in [0, 0.05) is 6.54 Å². The molecule has 0 aromatic rings. The van der Waals surface area contributed by atoms with E-state index in [1.54, 1.807) is 0 Å². The third kappa shape index (κ3) is 7.15. The Morgan fingerprint density at radius 3 is 2.29 bits per heavy atom. The zero-order chi connectivity index (χ0) is 15.7. The Morgan fingerprint density at radius 1 is 1.10 bits per heavy atom. The summed E-state index contributed by atoms with van der Waals surface area (Å²) in [6.07, 6.45) is 10.7. The maximum absolute atomic E-state index is 6.60. The van der Waals surface area contributed by atoms with Crippen LogP contribution in [-0.4, -0.2) is 24.8 Å². The van der Waals surface area contributed by atoms with Crippen molar-refractivity contribution in [1.82, 2.24) is 5.32 Å². The van der Waals surface area contributed by atoms with Gasteiger partial charge in [-0.15, -0.1) is 0 Å². The third-order valence-electron chi connectivity index (χ3n) is 4.84. The van der Waals surface area contributed by atoms with Gasteiger partial charge >= 0.3 is 0 Å². The average Bonchev–Trinajstić information content (AvgIpc) is 2.41. The first kappa shape index (κ1) is 19.0. The maximum atomic E-state index is 6.60. The van der Waals surface area contributed by atoms with Crippen LogP contribution in [-0.2, 0) is 4.74 Å². The highest BCUT2D eigenvalue weighted by atomic mass is 16.5. The molecule has 0 aliphatic heterocycles. The summed E-state index contributed by atoms with van der Waals surface area (Å²) in [6, 6.07) is 0. The molecule has 0 heterocycles. The van der Waals surface area contributed by atoms with Crippen LogP contribution in [0.4, 0.5) is 0 Å². The number of hydrogen-bond acceptors (Lipinski definition) is 2.